The Bertz CT molecular complexity index is 283. The second-order valence-electron chi connectivity index (χ2n) is 3.17. The lowest BCUT2D eigenvalue weighted by atomic mass is 10.2. The smallest absolute Gasteiger partial charge is 0.331 e. The van der Waals surface area contributed by atoms with Gasteiger partial charge in [-0.3, -0.25) is 15.0 Å². The Labute approximate surface area is 97.4 Å². The largest absolute Gasteiger partial charge is 0.480 e. The molecule has 98 valence electrons. The molecule has 0 aliphatic heterocycles. The SMILES string of the molecule is N=C(N)NCCC[C@H](NOCC(=O)O)C(=O)O. The van der Waals surface area contributed by atoms with Gasteiger partial charge < -0.3 is 21.3 Å². The van der Waals surface area contributed by atoms with E-state index in [1.54, 1.807) is 0 Å². The Morgan fingerprint density at radius 2 is 2.06 bits per heavy atom. The van der Waals surface area contributed by atoms with Gasteiger partial charge in [0.2, 0.25) is 0 Å². The van der Waals surface area contributed by atoms with E-state index in [4.69, 9.17) is 21.4 Å². The van der Waals surface area contributed by atoms with Gasteiger partial charge in [-0.1, -0.05) is 0 Å². The average Bonchev–Trinajstić information content (AvgIpc) is 2.20. The zero-order valence-corrected chi connectivity index (χ0v) is 9.10. The van der Waals surface area contributed by atoms with Crippen molar-refractivity contribution in [2.24, 2.45) is 5.73 Å². The highest BCUT2D eigenvalue weighted by atomic mass is 16.7. The maximum absolute atomic E-state index is 10.7. The molecule has 0 fully saturated rings. The van der Waals surface area contributed by atoms with E-state index in [9.17, 15) is 9.59 Å². The number of nitrogens with one attached hydrogen (secondary N) is 3. The summed E-state index contributed by atoms with van der Waals surface area (Å²) in [6.45, 7) is -0.255. The summed E-state index contributed by atoms with van der Waals surface area (Å²) in [4.78, 5) is 25.3. The number of hydroxylamine groups is 1. The number of nitrogens with two attached hydrogens (primary N) is 1. The lowest BCUT2D eigenvalue weighted by molar-refractivity contribution is -0.152. The first-order chi connectivity index (χ1) is 7.93. The third kappa shape index (κ3) is 9.08. The van der Waals surface area contributed by atoms with Crippen molar-refractivity contribution in [3.63, 3.8) is 0 Å². The van der Waals surface area contributed by atoms with Crippen LogP contribution in [0, 0.1) is 5.41 Å². The monoisotopic (exact) mass is 248 g/mol. The van der Waals surface area contributed by atoms with Crippen LogP contribution in [0.3, 0.4) is 0 Å². The topological polar surface area (TPSA) is 158 Å². The van der Waals surface area contributed by atoms with Crippen LogP contribution in [0.4, 0.5) is 0 Å². The zero-order chi connectivity index (χ0) is 13.3. The highest BCUT2D eigenvalue weighted by molar-refractivity contribution is 5.74. The quantitative estimate of drug-likeness (QED) is 0.122. The highest BCUT2D eigenvalue weighted by Gasteiger charge is 2.17. The molecule has 0 aliphatic rings. The van der Waals surface area contributed by atoms with E-state index in [1.807, 2.05) is 0 Å². The van der Waals surface area contributed by atoms with Gasteiger partial charge in [-0.15, -0.1) is 0 Å². The molecule has 0 unspecified atom stereocenters. The maximum atomic E-state index is 10.7. The standard InChI is InChI=1S/C8H16N4O5/c9-8(10)11-3-1-2-5(7(15)16)12-17-4-6(13)14/h5,12H,1-4H2,(H,13,14)(H,15,16)(H4,9,10,11)/t5-/m0/s1. The van der Waals surface area contributed by atoms with Crippen molar-refractivity contribution in [3.8, 4) is 0 Å². The third-order valence-electron chi connectivity index (χ3n) is 1.70. The van der Waals surface area contributed by atoms with Crippen LogP contribution in [0.1, 0.15) is 12.8 Å². The van der Waals surface area contributed by atoms with Gasteiger partial charge in [0.15, 0.2) is 12.6 Å². The summed E-state index contributed by atoms with van der Waals surface area (Å²) in [7, 11) is 0. The molecule has 0 heterocycles. The predicted molar refractivity (Wildman–Crippen MR) is 57.3 cm³/mol. The van der Waals surface area contributed by atoms with Crippen LogP contribution in [0.15, 0.2) is 0 Å². The van der Waals surface area contributed by atoms with E-state index >= 15 is 0 Å². The first kappa shape index (κ1) is 15.1. The molecule has 9 nitrogen and oxygen atoms in total. The third-order valence-corrected chi connectivity index (χ3v) is 1.70. The summed E-state index contributed by atoms with van der Waals surface area (Å²) in [5, 5.41) is 26.4. The number of hydrogen-bond acceptors (Lipinski definition) is 5. The van der Waals surface area contributed by atoms with Crippen LogP contribution in [-0.4, -0.2) is 47.3 Å². The molecule has 0 spiro atoms. The summed E-state index contributed by atoms with van der Waals surface area (Å²) in [6.07, 6.45) is 0.662. The molecule has 17 heavy (non-hydrogen) atoms. The summed E-state index contributed by atoms with van der Waals surface area (Å²) < 4.78 is 0. The summed E-state index contributed by atoms with van der Waals surface area (Å²) in [5.74, 6) is -2.52. The van der Waals surface area contributed by atoms with Crippen molar-refractivity contribution in [2.75, 3.05) is 13.2 Å². The number of aliphatic carboxylic acids is 2. The molecule has 9 heteroatoms. The number of guanidine groups is 1. The number of carboxylic acid groups (broad SMARTS) is 2. The second kappa shape index (κ2) is 8.30. The van der Waals surface area contributed by atoms with Crippen molar-refractivity contribution >= 4 is 17.9 Å². The molecule has 0 aromatic heterocycles. The molecule has 0 aromatic carbocycles. The fourth-order valence-corrected chi connectivity index (χ4v) is 0.966. The number of carboxylic acids is 2. The Kier molecular flexibility index (Phi) is 7.39. The number of carbonyl (C=O) groups is 2. The van der Waals surface area contributed by atoms with Crippen LogP contribution < -0.4 is 16.5 Å². The predicted octanol–water partition coefficient (Wildman–Crippen LogP) is -1.69. The van der Waals surface area contributed by atoms with Crippen molar-refractivity contribution in [1.82, 2.24) is 10.8 Å². The molecule has 0 aromatic rings. The lowest BCUT2D eigenvalue weighted by Crippen LogP contribution is -2.39. The van der Waals surface area contributed by atoms with E-state index in [0.29, 0.717) is 13.0 Å². The number of hydrogen-bond donors (Lipinski definition) is 6. The van der Waals surface area contributed by atoms with Gasteiger partial charge in [0.05, 0.1) is 0 Å². The Morgan fingerprint density at radius 3 is 2.53 bits per heavy atom. The second-order valence-corrected chi connectivity index (χ2v) is 3.17. The molecular formula is C8H16N4O5. The van der Waals surface area contributed by atoms with Crippen molar-refractivity contribution in [1.29, 1.82) is 5.41 Å². The minimum atomic E-state index is -1.19. The van der Waals surface area contributed by atoms with Gasteiger partial charge in [0.25, 0.3) is 0 Å². The van der Waals surface area contributed by atoms with E-state index in [0.717, 1.165) is 0 Å². The maximum Gasteiger partial charge on any atom is 0.331 e. The lowest BCUT2D eigenvalue weighted by Gasteiger charge is -2.13. The van der Waals surface area contributed by atoms with E-state index in [-0.39, 0.29) is 12.4 Å². The Balaban J connectivity index is 3.79. The van der Waals surface area contributed by atoms with Crippen molar-refractivity contribution < 1.29 is 24.6 Å². The van der Waals surface area contributed by atoms with Crippen LogP contribution in [0.25, 0.3) is 0 Å². The Morgan fingerprint density at radius 1 is 1.41 bits per heavy atom. The first-order valence-corrected chi connectivity index (χ1v) is 4.83. The van der Waals surface area contributed by atoms with Gasteiger partial charge in [-0.25, -0.2) is 4.79 Å². The van der Waals surface area contributed by atoms with E-state index in [2.05, 4.69) is 15.6 Å². The van der Waals surface area contributed by atoms with Gasteiger partial charge in [0.1, 0.15) is 6.04 Å². The molecule has 0 saturated carbocycles. The minimum absolute atomic E-state index is 0.188. The molecular weight excluding hydrogens is 232 g/mol. The normalized spacial score (nSPS) is 11.8. The highest BCUT2D eigenvalue weighted by Crippen LogP contribution is 1.97. The van der Waals surface area contributed by atoms with E-state index < -0.39 is 24.6 Å². The van der Waals surface area contributed by atoms with Crippen LogP contribution in [0.2, 0.25) is 0 Å². The summed E-state index contributed by atoms with van der Waals surface area (Å²) in [6, 6.07) is -0.997. The molecule has 0 amide bonds. The molecule has 0 radical (unpaired) electrons. The Hall–Kier alpha value is -1.87. The molecule has 0 bridgehead atoms. The van der Waals surface area contributed by atoms with Crippen LogP contribution in [0.5, 0.6) is 0 Å². The number of rotatable bonds is 9. The first-order valence-electron chi connectivity index (χ1n) is 4.83. The van der Waals surface area contributed by atoms with Gasteiger partial charge >= 0.3 is 11.9 Å². The molecule has 7 N–H and O–H groups in total. The van der Waals surface area contributed by atoms with Crippen LogP contribution in [-0.2, 0) is 14.4 Å². The van der Waals surface area contributed by atoms with Crippen LogP contribution >= 0.6 is 0 Å². The fourth-order valence-electron chi connectivity index (χ4n) is 0.966. The average molecular weight is 248 g/mol. The zero-order valence-electron chi connectivity index (χ0n) is 9.10. The van der Waals surface area contributed by atoms with Gasteiger partial charge in [-0.2, -0.15) is 5.48 Å². The van der Waals surface area contributed by atoms with E-state index in [1.165, 1.54) is 0 Å². The molecule has 0 rings (SSSR count). The minimum Gasteiger partial charge on any atom is -0.480 e. The van der Waals surface area contributed by atoms with Gasteiger partial charge in [-0.05, 0) is 12.8 Å². The molecule has 0 saturated heterocycles. The summed E-state index contributed by atoms with van der Waals surface area (Å²) in [5.41, 5.74) is 7.18. The van der Waals surface area contributed by atoms with Crippen molar-refractivity contribution in [2.45, 2.75) is 18.9 Å². The molecule has 1 atom stereocenters. The van der Waals surface area contributed by atoms with Crippen molar-refractivity contribution in [3.05, 3.63) is 0 Å². The molecule has 0 aliphatic carbocycles. The summed E-state index contributed by atoms with van der Waals surface area (Å²) >= 11 is 0. The fraction of sp³-hybridized carbons (Fsp3) is 0.625. The van der Waals surface area contributed by atoms with Gasteiger partial charge in [0, 0.05) is 6.54 Å².